The molecular formula is C13H15NO4. The van der Waals surface area contributed by atoms with Gasteiger partial charge in [-0.05, 0) is 18.4 Å². The highest BCUT2D eigenvalue weighted by atomic mass is 16.6. The minimum Gasteiger partial charge on any atom is -0.479 e. The van der Waals surface area contributed by atoms with Gasteiger partial charge in [-0.2, -0.15) is 0 Å². The number of hydrogen-bond donors (Lipinski definition) is 1. The molecule has 0 aliphatic heterocycles. The Bertz CT molecular complexity index is 453. The van der Waals surface area contributed by atoms with E-state index in [0.29, 0.717) is 12.8 Å². The van der Waals surface area contributed by atoms with Gasteiger partial charge in [-0.1, -0.05) is 30.3 Å². The lowest BCUT2D eigenvalue weighted by molar-refractivity contribution is -0.144. The fraction of sp³-hybridized carbons (Fsp3) is 0.385. The van der Waals surface area contributed by atoms with E-state index in [1.165, 1.54) is 11.9 Å². The number of aliphatic carboxylic acids is 1. The van der Waals surface area contributed by atoms with E-state index in [-0.39, 0.29) is 6.61 Å². The van der Waals surface area contributed by atoms with Crippen molar-refractivity contribution in [3.63, 3.8) is 0 Å². The average Bonchev–Trinajstić information content (AvgIpc) is 3.17. The number of carboxylic acid groups (broad SMARTS) is 1. The summed E-state index contributed by atoms with van der Waals surface area (Å²) in [6.07, 6.45) is 0.372. The van der Waals surface area contributed by atoms with Gasteiger partial charge in [0.05, 0.1) is 0 Å². The predicted molar refractivity (Wildman–Crippen MR) is 64.0 cm³/mol. The first-order valence-corrected chi connectivity index (χ1v) is 5.74. The first-order valence-electron chi connectivity index (χ1n) is 5.74. The van der Waals surface area contributed by atoms with Crippen molar-refractivity contribution in [1.82, 2.24) is 4.90 Å². The van der Waals surface area contributed by atoms with Gasteiger partial charge in [0.25, 0.3) is 0 Å². The molecule has 96 valence electrons. The van der Waals surface area contributed by atoms with E-state index in [0.717, 1.165) is 5.56 Å². The fourth-order valence-electron chi connectivity index (χ4n) is 1.80. The molecule has 1 amide bonds. The van der Waals surface area contributed by atoms with Crippen LogP contribution in [0.5, 0.6) is 0 Å². The smallest absolute Gasteiger partial charge is 0.410 e. The van der Waals surface area contributed by atoms with Crippen molar-refractivity contribution in [2.45, 2.75) is 25.0 Å². The molecule has 1 N–H and O–H groups in total. The molecule has 0 aromatic heterocycles. The van der Waals surface area contributed by atoms with E-state index in [9.17, 15) is 9.59 Å². The van der Waals surface area contributed by atoms with Crippen molar-refractivity contribution < 1.29 is 19.4 Å². The largest absolute Gasteiger partial charge is 0.479 e. The number of nitrogens with zero attached hydrogens (tertiary/aromatic N) is 1. The summed E-state index contributed by atoms with van der Waals surface area (Å²) in [7, 11) is 1.47. The van der Waals surface area contributed by atoms with E-state index < -0.39 is 17.6 Å². The van der Waals surface area contributed by atoms with E-state index in [1.807, 2.05) is 30.3 Å². The van der Waals surface area contributed by atoms with E-state index in [2.05, 4.69) is 0 Å². The maximum atomic E-state index is 11.7. The van der Waals surface area contributed by atoms with Crippen molar-refractivity contribution >= 4 is 12.1 Å². The monoisotopic (exact) mass is 249 g/mol. The third kappa shape index (κ3) is 2.30. The number of likely N-dealkylation sites (N-methyl/N-ethyl adjacent to an activating group) is 1. The van der Waals surface area contributed by atoms with Crippen LogP contribution in [-0.4, -0.2) is 34.7 Å². The summed E-state index contributed by atoms with van der Waals surface area (Å²) < 4.78 is 5.09. The number of carbonyl (C=O) groups is 2. The number of rotatable bonds is 4. The van der Waals surface area contributed by atoms with Crippen LogP contribution in [0.2, 0.25) is 0 Å². The van der Waals surface area contributed by atoms with E-state index >= 15 is 0 Å². The van der Waals surface area contributed by atoms with Gasteiger partial charge in [-0.25, -0.2) is 9.59 Å². The van der Waals surface area contributed by atoms with Crippen LogP contribution in [0, 0.1) is 0 Å². The standard InChI is InChI=1S/C13H15NO4/c1-14(13(7-8-13)11(15)16)12(17)18-9-10-5-3-2-4-6-10/h2-6H,7-9H2,1H3,(H,15,16). The molecule has 5 heteroatoms. The summed E-state index contributed by atoms with van der Waals surface area (Å²) >= 11 is 0. The minimum absolute atomic E-state index is 0.152. The lowest BCUT2D eigenvalue weighted by Crippen LogP contribution is -2.44. The molecule has 2 rings (SSSR count). The molecule has 0 radical (unpaired) electrons. The Hall–Kier alpha value is -2.04. The van der Waals surface area contributed by atoms with Gasteiger partial charge < -0.3 is 9.84 Å². The molecule has 0 bridgehead atoms. The molecule has 1 aromatic carbocycles. The molecule has 0 heterocycles. The van der Waals surface area contributed by atoms with Crippen LogP contribution < -0.4 is 0 Å². The van der Waals surface area contributed by atoms with Crippen LogP contribution in [-0.2, 0) is 16.1 Å². The molecule has 0 saturated heterocycles. The Balaban J connectivity index is 1.91. The second kappa shape index (κ2) is 4.68. The predicted octanol–water partition coefficient (Wildman–Crippen LogP) is 1.87. The number of carbonyl (C=O) groups excluding carboxylic acids is 1. The summed E-state index contributed by atoms with van der Waals surface area (Å²) in [4.78, 5) is 24.0. The topological polar surface area (TPSA) is 66.8 Å². The van der Waals surface area contributed by atoms with Crippen molar-refractivity contribution in [1.29, 1.82) is 0 Å². The molecule has 18 heavy (non-hydrogen) atoms. The molecule has 5 nitrogen and oxygen atoms in total. The van der Waals surface area contributed by atoms with E-state index in [4.69, 9.17) is 9.84 Å². The first-order chi connectivity index (χ1) is 8.56. The highest BCUT2D eigenvalue weighted by Crippen LogP contribution is 2.41. The van der Waals surface area contributed by atoms with Crippen LogP contribution in [0.3, 0.4) is 0 Å². The van der Waals surface area contributed by atoms with Crippen molar-refractivity contribution in [3.8, 4) is 0 Å². The van der Waals surface area contributed by atoms with Gasteiger partial charge in [0, 0.05) is 7.05 Å². The molecule has 1 saturated carbocycles. The van der Waals surface area contributed by atoms with Crippen LogP contribution in [0.15, 0.2) is 30.3 Å². The summed E-state index contributed by atoms with van der Waals surface area (Å²) in [5.41, 5.74) is -0.173. The maximum Gasteiger partial charge on any atom is 0.410 e. The average molecular weight is 249 g/mol. The SMILES string of the molecule is CN(C(=O)OCc1ccccc1)C1(C(=O)O)CC1. The van der Waals surface area contributed by atoms with Crippen LogP contribution in [0.4, 0.5) is 4.79 Å². The first kappa shape index (κ1) is 12.4. The van der Waals surface area contributed by atoms with Gasteiger partial charge >= 0.3 is 12.1 Å². The molecule has 1 aliphatic carbocycles. The van der Waals surface area contributed by atoms with Gasteiger partial charge in [0.2, 0.25) is 0 Å². The maximum absolute atomic E-state index is 11.7. The zero-order valence-electron chi connectivity index (χ0n) is 10.1. The lowest BCUT2D eigenvalue weighted by Gasteiger charge is -2.23. The zero-order valence-corrected chi connectivity index (χ0v) is 10.1. The van der Waals surface area contributed by atoms with Gasteiger partial charge in [-0.15, -0.1) is 0 Å². The highest BCUT2D eigenvalue weighted by molar-refractivity contribution is 5.87. The Morgan fingerprint density at radius 2 is 1.94 bits per heavy atom. The second-order valence-corrected chi connectivity index (χ2v) is 4.44. The number of benzene rings is 1. The van der Waals surface area contributed by atoms with Crippen molar-refractivity contribution in [3.05, 3.63) is 35.9 Å². The Morgan fingerprint density at radius 1 is 1.33 bits per heavy atom. The number of ether oxygens (including phenoxy) is 1. The molecule has 1 aromatic rings. The zero-order chi connectivity index (χ0) is 13.2. The Kier molecular flexibility index (Phi) is 3.23. The van der Waals surface area contributed by atoms with Crippen molar-refractivity contribution in [2.24, 2.45) is 0 Å². The third-order valence-corrected chi connectivity index (χ3v) is 3.24. The van der Waals surface area contributed by atoms with Gasteiger partial charge in [0.1, 0.15) is 12.1 Å². The summed E-state index contributed by atoms with van der Waals surface area (Å²) in [6.45, 7) is 0.152. The molecule has 0 atom stereocenters. The molecule has 1 fully saturated rings. The summed E-state index contributed by atoms with van der Waals surface area (Å²) in [6, 6.07) is 9.27. The normalized spacial score (nSPS) is 15.8. The fourth-order valence-corrected chi connectivity index (χ4v) is 1.80. The summed E-state index contributed by atoms with van der Waals surface area (Å²) in [5, 5.41) is 9.06. The quantitative estimate of drug-likeness (QED) is 0.884. The van der Waals surface area contributed by atoms with E-state index in [1.54, 1.807) is 0 Å². The molecule has 1 aliphatic rings. The molecular weight excluding hydrogens is 234 g/mol. The van der Waals surface area contributed by atoms with Crippen LogP contribution >= 0.6 is 0 Å². The van der Waals surface area contributed by atoms with Gasteiger partial charge in [-0.3, -0.25) is 4.90 Å². The number of amides is 1. The van der Waals surface area contributed by atoms with Crippen LogP contribution in [0.25, 0.3) is 0 Å². The number of carboxylic acids is 1. The highest BCUT2D eigenvalue weighted by Gasteiger charge is 2.56. The summed E-state index contributed by atoms with van der Waals surface area (Å²) in [5.74, 6) is -0.971. The van der Waals surface area contributed by atoms with Gasteiger partial charge in [0.15, 0.2) is 0 Å². The Morgan fingerprint density at radius 3 is 2.44 bits per heavy atom. The third-order valence-electron chi connectivity index (χ3n) is 3.24. The van der Waals surface area contributed by atoms with Crippen molar-refractivity contribution in [2.75, 3.05) is 7.05 Å². The minimum atomic E-state index is -1.05. The Labute approximate surface area is 105 Å². The lowest BCUT2D eigenvalue weighted by atomic mass is 10.2. The van der Waals surface area contributed by atoms with Crippen LogP contribution in [0.1, 0.15) is 18.4 Å². The second-order valence-electron chi connectivity index (χ2n) is 4.44. The number of hydrogen-bond acceptors (Lipinski definition) is 3. The molecule has 0 spiro atoms. The molecule has 0 unspecified atom stereocenters.